The number of anilines is 1. The molecule has 3 fully saturated rings. The Hall–Kier alpha value is -3.70. The number of phenols is 1. The minimum absolute atomic E-state index is 0.00901. The number of β-amino-alcohol motifs (C(OH)–C–C–N with tert-alkyl or cyclic N) is 1. The minimum Gasteiger partial charge on any atom is -0.508 e. The van der Waals surface area contributed by atoms with Crippen molar-refractivity contribution in [1.29, 1.82) is 0 Å². The highest BCUT2D eigenvalue weighted by Gasteiger charge is 2.45. The number of rotatable bonds is 5. The first-order chi connectivity index (χ1) is 19.8. The first-order valence-corrected chi connectivity index (χ1v) is 14.1. The molecule has 0 bridgehead atoms. The van der Waals surface area contributed by atoms with E-state index in [-0.39, 0.29) is 44.8 Å². The van der Waals surface area contributed by atoms with Gasteiger partial charge in [-0.15, -0.1) is 0 Å². The standard InChI is InChI=1S/C30H30F3N5O3/c31-22-6-5-17-12-19(40)13-20(23(17)24(22)32)26-25(33)27-21(14-34-26)28(37-9-1-4-18(39)15-37)36-29(35-27)41-16-30-7-2-10-38(30)11-3-8-30/h5-6,12-14,18,39-40H,1-4,7-11,15-16H2. The van der Waals surface area contributed by atoms with E-state index >= 15 is 4.39 Å². The number of benzene rings is 2. The Balaban J connectivity index is 1.38. The Morgan fingerprint density at radius 1 is 1.00 bits per heavy atom. The van der Waals surface area contributed by atoms with Gasteiger partial charge in [0.25, 0.3) is 0 Å². The molecule has 3 saturated heterocycles. The summed E-state index contributed by atoms with van der Waals surface area (Å²) in [4.78, 5) is 17.8. The van der Waals surface area contributed by atoms with Crippen LogP contribution in [0.15, 0.2) is 30.5 Å². The molecular weight excluding hydrogens is 535 g/mol. The van der Waals surface area contributed by atoms with Gasteiger partial charge in [-0.3, -0.25) is 9.88 Å². The topological polar surface area (TPSA) is 94.8 Å². The second-order valence-electron chi connectivity index (χ2n) is 11.4. The molecule has 2 N–H and O–H groups in total. The van der Waals surface area contributed by atoms with Gasteiger partial charge < -0.3 is 19.8 Å². The molecule has 214 valence electrons. The van der Waals surface area contributed by atoms with E-state index in [4.69, 9.17) is 4.74 Å². The summed E-state index contributed by atoms with van der Waals surface area (Å²) in [6, 6.07) is 4.73. The summed E-state index contributed by atoms with van der Waals surface area (Å²) in [7, 11) is 0. The summed E-state index contributed by atoms with van der Waals surface area (Å²) < 4.78 is 51.8. The van der Waals surface area contributed by atoms with E-state index in [1.807, 2.05) is 4.90 Å². The maximum atomic E-state index is 16.4. The number of aromatic hydroxyl groups is 1. The van der Waals surface area contributed by atoms with Gasteiger partial charge in [0.2, 0.25) is 0 Å². The van der Waals surface area contributed by atoms with Crippen LogP contribution in [0.4, 0.5) is 19.0 Å². The van der Waals surface area contributed by atoms with Crippen LogP contribution in [-0.2, 0) is 0 Å². The van der Waals surface area contributed by atoms with Crippen molar-refractivity contribution in [2.24, 2.45) is 0 Å². The second-order valence-corrected chi connectivity index (χ2v) is 11.4. The Labute approximate surface area is 234 Å². The van der Waals surface area contributed by atoms with Gasteiger partial charge in [-0.1, -0.05) is 6.07 Å². The Bertz CT molecular complexity index is 1660. The quantitative estimate of drug-likeness (QED) is 0.352. The van der Waals surface area contributed by atoms with Crippen LogP contribution >= 0.6 is 0 Å². The fraction of sp³-hybridized carbons (Fsp3) is 0.433. The zero-order chi connectivity index (χ0) is 28.3. The lowest BCUT2D eigenvalue weighted by Crippen LogP contribution is -2.43. The van der Waals surface area contributed by atoms with E-state index < -0.39 is 23.6 Å². The zero-order valence-corrected chi connectivity index (χ0v) is 22.4. The normalized spacial score (nSPS) is 20.7. The maximum Gasteiger partial charge on any atom is 0.319 e. The lowest BCUT2D eigenvalue weighted by atomic mass is 9.95. The minimum atomic E-state index is -1.16. The number of aliphatic hydroxyl groups excluding tert-OH is 1. The zero-order valence-electron chi connectivity index (χ0n) is 22.4. The number of halogens is 3. The number of aliphatic hydroxyl groups is 1. The molecule has 1 unspecified atom stereocenters. The molecule has 0 saturated carbocycles. The number of ether oxygens (including phenoxy) is 1. The van der Waals surface area contributed by atoms with Crippen LogP contribution in [0.3, 0.4) is 0 Å². The van der Waals surface area contributed by atoms with Crippen molar-refractivity contribution in [3.8, 4) is 23.0 Å². The van der Waals surface area contributed by atoms with E-state index in [2.05, 4.69) is 19.9 Å². The highest BCUT2D eigenvalue weighted by Crippen LogP contribution is 2.41. The molecule has 2 aromatic carbocycles. The van der Waals surface area contributed by atoms with Crippen LogP contribution in [0.2, 0.25) is 0 Å². The van der Waals surface area contributed by atoms with Crippen LogP contribution < -0.4 is 9.64 Å². The van der Waals surface area contributed by atoms with Gasteiger partial charge in [-0.25, -0.2) is 13.2 Å². The van der Waals surface area contributed by atoms with Crippen molar-refractivity contribution in [2.75, 3.05) is 37.7 Å². The summed E-state index contributed by atoms with van der Waals surface area (Å²) in [6.07, 6.45) is 6.45. The Morgan fingerprint density at radius 3 is 2.59 bits per heavy atom. The average Bonchev–Trinajstić information content (AvgIpc) is 3.54. The van der Waals surface area contributed by atoms with Gasteiger partial charge in [-0.2, -0.15) is 9.97 Å². The SMILES string of the molecule is Oc1cc(-c2ncc3c(N4CCCC(O)C4)nc(OCC45CCCN4CCC5)nc3c2F)c2c(F)c(F)ccc2c1. The van der Waals surface area contributed by atoms with Gasteiger partial charge in [0.05, 0.1) is 17.0 Å². The smallest absolute Gasteiger partial charge is 0.319 e. The summed E-state index contributed by atoms with van der Waals surface area (Å²) in [5.41, 5.74) is -0.549. The molecule has 0 amide bonds. The second kappa shape index (κ2) is 9.99. The number of hydrogen-bond donors (Lipinski definition) is 2. The highest BCUT2D eigenvalue weighted by molar-refractivity contribution is 6.00. The first-order valence-electron chi connectivity index (χ1n) is 14.1. The van der Waals surface area contributed by atoms with Crippen molar-refractivity contribution in [3.63, 3.8) is 0 Å². The van der Waals surface area contributed by atoms with Crippen molar-refractivity contribution in [1.82, 2.24) is 19.9 Å². The molecule has 3 aliphatic rings. The van der Waals surface area contributed by atoms with Gasteiger partial charge in [0, 0.05) is 30.2 Å². The van der Waals surface area contributed by atoms with E-state index in [1.165, 1.54) is 18.3 Å². The first kappa shape index (κ1) is 26.2. The predicted molar refractivity (Wildman–Crippen MR) is 148 cm³/mol. The summed E-state index contributed by atoms with van der Waals surface area (Å²) in [5.74, 6) is -2.98. The monoisotopic (exact) mass is 565 g/mol. The number of piperidine rings is 1. The average molecular weight is 566 g/mol. The van der Waals surface area contributed by atoms with Crippen molar-refractivity contribution >= 4 is 27.5 Å². The predicted octanol–water partition coefficient (Wildman–Crippen LogP) is 4.94. The van der Waals surface area contributed by atoms with E-state index in [9.17, 15) is 19.0 Å². The van der Waals surface area contributed by atoms with Crippen molar-refractivity contribution in [2.45, 2.75) is 50.2 Å². The van der Waals surface area contributed by atoms with Gasteiger partial charge in [0.15, 0.2) is 17.5 Å². The van der Waals surface area contributed by atoms with Gasteiger partial charge >= 0.3 is 6.01 Å². The number of phenolic OH excluding ortho intramolecular Hbond substituents is 1. The van der Waals surface area contributed by atoms with Gasteiger partial charge in [-0.05, 0) is 75.2 Å². The largest absolute Gasteiger partial charge is 0.508 e. The molecule has 5 heterocycles. The number of pyridine rings is 1. The van der Waals surface area contributed by atoms with Crippen molar-refractivity contribution < 1.29 is 28.1 Å². The van der Waals surface area contributed by atoms with Crippen LogP contribution in [0.1, 0.15) is 38.5 Å². The molecule has 11 heteroatoms. The Morgan fingerprint density at radius 2 is 1.80 bits per heavy atom. The lowest BCUT2D eigenvalue weighted by Gasteiger charge is -2.33. The summed E-state index contributed by atoms with van der Waals surface area (Å²) in [5, 5.41) is 21.0. The molecule has 2 aromatic heterocycles. The van der Waals surface area contributed by atoms with E-state index in [0.29, 0.717) is 37.3 Å². The van der Waals surface area contributed by atoms with Crippen LogP contribution in [0.25, 0.3) is 32.9 Å². The number of hydrogen-bond acceptors (Lipinski definition) is 8. The van der Waals surface area contributed by atoms with E-state index in [0.717, 1.165) is 57.3 Å². The molecule has 0 radical (unpaired) electrons. The molecule has 3 aliphatic heterocycles. The molecule has 4 aromatic rings. The van der Waals surface area contributed by atoms with Crippen LogP contribution in [0, 0.1) is 17.5 Å². The Kier molecular flexibility index (Phi) is 6.39. The molecule has 0 aliphatic carbocycles. The molecule has 41 heavy (non-hydrogen) atoms. The highest BCUT2D eigenvalue weighted by atomic mass is 19.2. The van der Waals surface area contributed by atoms with E-state index in [1.54, 1.807) is 0 Å². The van der Waals surface area contributed by atoms with Crippen LogP contribution in [-0.4, -0.2) is 74.5 Å². The number of aromatic nitrogens is 3. The third-order valence-corrected chi connectivity index (χ3v) is 8.87. The molecule has 7 rings (SSSR count). The van der Waals surface area contributed by atoms with Crippen LogP contribution in [0.5, 0.6) is 11.8 Å². The summed E-state index contributed by atoms with van der Waals surface area (Å²) >= 11 is 0. The third-order valence-electron chi connectivity index (χ3n) is 8.87. The molecule has 8 nitrogen and oxygen atoms in total. The third kappa shape index (κ3) is 4.42. The lowest BCUT2D eigenvalue weighted by molar-refractivity contribution is 0.107. The van der Waals surface area contributed by atoms with Crippen molar-refractivity contribution in [3.05, 3.63) is 47.9 Å². The number of fused-ring (bicyclic) bond motifs is 3. The van der Waals surface area contributed by atoms with Gasteiger partial charge in [0.1, 0.15) is 29.4 Å². The fourth-order valence-corrected chi connectivity index (χ4v) is 6.89. The maximum absolute atomic E-state index is 16.4. The summed E-state index contributed by atoms with van der Waals surface area (Å²) in [6.45, 7) is 3.34. The molecule has 1 atom stereocenters. The molecular formula is C30H30F3N5O3. The number of nitrogens with zero attached hydrogens (tertiary/aromatic N) is 5. The fourth-order valence-electron chi connectivity index (χ4n) is 6.89. The molecule has 0 spiro atoms.